The van der Waals surface area contributed by atoms with Gasteiger partial charge in [-0.15, -0.1) is 0 Å². The van der Waals surface area contributed by atoms with Gasteiger partial charge in [0, 0.05) is 56.7 Å². The van der Waals surface area contributed by atoms with E-state index >= 15 is 0 Å². The number of carbonyl (C=O) groups is 2. The fraction of sp³-hybridized carbons (Fsp3) is 0.517. The van der Waals surface area contributed by atoms with E-state index in [0.29, 0.717) is 28.5 Å². The number of piperazine rings is 1. The SMILES string of the molecule is CC(C)(O)[C@H](F)CN1Cc2cc(NC(=O)c3cnn4cccnc34)c(N3CCN(C4CCCC4)CC3)cc2C1=O. The molecule has 1 aromatic carbocycles. The van der Waals surface area contributed by atoms with Gasteiger partial charge in [0.15, 0.2) is 5.65 Å². The summed E-state index contributed by atoms with van der Waals surface area (Å²) in [5.41, 5.74) is 1.85. The predicted octanol–water partition coefficient (Wildman–Crippen LogP) is 3.11. The molecule has 6 rings (SSSR count). The van der Waals surface area contributed by atoms with Crippen LogP contribution in [-0.4, -0.2) is 91.9 Å². The van der Waals surface area contributed by atoms with E-state index in [-0.39, 0.29) is 24.9 Å². The first kappa shape index (κ1) is 26.6. The van der Waals surface area contributed by atoms with E-state index < -0.39 is 11.8 Å². The molecule has 0 bridgehead atoms. The zero-order valence-corrected chi connectivity index (χ0v) is 23.0. The summed E-state index contributed by atoms with van der Waals surface area (Å²) in [6.45, 7) is 6.20. The fourth-order valence-corrected chi connectivity index (χ4v) is 6.11. The fourth-order valence-electron chi connectivity index (χ4n) is 6.11. The Balaban J connectivity index is 1.29. The highest BCUT2D eigenvalue weighted by Crippen LogP contribution is 2.36. The Morgan fingerprint density at radius 3 is 2.67 bits per heavy atom. The first-order valence-electron chi connectivity index (χ1n) is 14.1. The van der Waals surface area contributed by atoms with Gasteiger partial charge in [-0.05, 0) is 50.5 Å². The lowest BCUT2D eigenvalue weighted by Gasteiger charge is -2.39. The molecule has 212 valence electrons. The third kappa shape index (κ3) is 5.03. The van der Waals surface area contributed by atoms with Crippen LogP contribution in [0.1, 0.15) is 65.8 Å². The summed E-state index contributed by atoms with van der Waals surface area (Å²) in [7, 11) is 0. The quantitative estimate of drug-likeness (QED) is 0.467. The van der Waals surface area contributed by atoms with Crippen molar-refractivity contribution in [3.63, 3.8) is 0 Å². The summed E-state index contributed by atoms with van der Waals surface area (Å²) in [6, 6.07) is 6.06. The molecule has 2 fully saturated rings. The first-order chi connectivity index (χ1) is 19.2. The van der Waals surface area contributed by atoms with Gasteiger partial charge in [0.2, 0.25) is 0 Å². The van der Waals surface area contributed by atoms with Gasteiger partial charge >= 0.3 is 0 Å². The highest BCUT2D eigenvalue weighted by Gasteiger charge is 2.36. The second kappa shape index (κ2) is 10.4. The Kier molecular flexibility index (Phi) is 6.95. The lowest BCUT2D eigenvalue weighted by Crippen LogP contribution is -2.50. The Morgan fingerprint density at radius 1 is 1.20 bits per heavy atom. The van der Waals surface area contributed by atoms with Crippen molar-refractivity contribution in [2.75, 3.05) is 42.9 Å². The van der Waals surface area contributed by atoms with E-state index in [1.54, 1.807) is 23.0 Å². The van der Waals surface area contributed by atoms with Crippen LogP contribution in [0.4, 0.5) is 15.8 Å². The number of hydrogen-bond donors (Lipinski definition) is 2. The van der Waals surface area contributed by atoms with E-state index in [1.165, 1.54) is 50.6 Å². The molecule has 40 heavy (non-hydrogen) atoms. The number of aromatic nitrogens is 3. The molecule has 0 unspecified atom stereocenters. The summed E-state index contributed by atoms with van der Waals surface area (Å²) < 4.78 is 16.3. The molecule has 10 nitrogen and oxygen atoms in total. The molecule has 0 spiro atoms. The number of nitrogens with one attached hydrogen (secondary N) is 1. The molecule has 11 heteroatoms. The van der Waals surface area contributed by atoms with E-state index in [0.717, 1.165) is 37.4 Å². The van der Waals surface area contributed by atoms with Gasteiger partial charge in [-0.25, -0.2) is 13.9 Å². The van der Waals surface area contributed by atoms with Crippen molar-refractivity contribution in [2.45, 2.75) is 63.9 Å². The lowest BCUT2D eigenvalue weighted by atomic mass is 10.0. The third-order valence-corrected chi connectivity index (χ3v) is 8.52. The molecule has 0 radical (unpaired) electrons. The average Bonchev–Trinajstić information content (AvgIpc) is 3.68. The Morgan fingerprint density at radius 2 is 1.95 bits per heavy atom. The van der Waals surface area contributed by atoms with Gasteiger partial charge < -0.3 is 20.2 Å². The largest absolute Gasteiger partial charge is 0.387 e. The minimum absolute atomic E-state index is 0.206. The van der Waals surface area contributed by atoms with Crippen molar-refractivity contribution in [3.05, 3.63) is 53.5 Å². The van der Waals surface area contributed by atoms with Gasteiger partial charge in [-0.1, -0.05) is 12.8 Å². The summed E-state index contributed by atoms with van der Waals surface area (Å²) >= 11 is 0. The molecule has 3 aliphatic rings. The molecule has 2 aliphatic heterocycles. The van der Waals surface area contributed by atoms with Crippen molar-refractivity contribution in [2.24, 2.45) is 0 Å². The molecular formula is C29H36FN7O3. The van der Waals surface area contributed by atoms with Crippen molar-refractivity contribution < 1.29 is 19.1 Å². The molecule has 1 saturated heterocycles. The zero-order valence-electron chi connectivity index (χ0n) is 23.0. The molecule has 2 N–H and O–H groups in total. The van der Waals surface area contributed by atoms with Crippen molar-refractivity contribution in [3.8, 4) is 0 Å². The molecule has 1 atom stereocenters. The zero-order chi connectivity index (χ0) is 28.0. The number of anilines is 2. The normalized spacial score (nSPS) is 19.4. The third-order valence-electron chi connectivity index (χ3n) is 8.52. The van der Waals surface area contributed by atoms with Crippen LogP contribution in [0.2, 0.25) is 0 Å². The Labute approximate surface area is 232 Å². The molecule has 2 amide bonds. The first-order valence-corrected chi connectivity index (χ1v) is 14.1. The smallest absolute Gasteiger partial charge is 0.261 e. The maximum absolute atomic E-state index is 14.7. The topological polar surface area (TPSA) is 106 Å². The summed E-state index contributed by atoms with van der Waals surface area (Å²) in [6.07, 6.45) is 8.33. The standard InChI is InChI=1S/C29H36FN7O3/c1-29(2,40)25(30)18-36-17-19-14-23(33-27(38)22-16-32-37-9-5-8-31-26(22)37)24(15-21(19)28(36)39)35-12-10-34(11-13-35)20-6-3-4-7-20/h5,8-9,14-16,20,25,40H,3-4,6-7,10-13,17-18H2,1-2H3,(H,33,38)/t25-/m1/s1. The Bertz CT molecular complexity index is 1420. The van der Waals surface area contributed by atoms with E-state index in [4.69, 9.17) is 0 Å². The number of benzene rings is 1. The van der Waals surface area contributed by atoms with Gasteiger partial charge in [0.1, 0.15) is 11.7 Å². The second-order valence-corrected chi connectivity index (χ2v) is 11.7. The molecule has 3 aromatic rings. The monoisotopic (exact) mass is 549 g/mol. The van der Waals surface area contributed by atoms with E-state index in [2.05, 4.69) is 25.2 Å². The number of fused-ring (bicyclic) bond motifs is 2. The van der Waals surface area contributed by atoms with E-state index in [9.17, 15) is 19.1 Å². The van der Waals surface area contributed by atoms with Crippen LogP contribution >= 0.6 is 0 Å². The van der Waals surface area contributed by atoms with Gasteiger partial charge in [-0.3, -0.25) is 14.5 Å². The average molecular weight is 550 g/mol. The highest BCUT2D eigenvalue weighted by molar-refractivity contribution is 6.10. The number of halogens is 1. The van der Waals surface area contributed by atoms with E-state index in [1.807, 2.05) is 12.1 Å². The van der Waals surface area contributed by atoms with Crippen LogP contribution in [0.5, 0.6) is 0 Å². The summed E-state index contributed by atoms with van der Waals surface area (Å²) in [4.78, 5) is 37.3. The molecule has 2 aromatic heterocycles. The molecule has 1 saturated carbocycles. The van der Waals surface area contributed by atoms with Gasteiger partial charge in [-0.2, -0.15) is 5.10 Å². The van der Waals surface area contributed by atoms with Gasteiger partial charge in [0.05, 0.1) is 29.7 Å². The van der Waals surface area contributed by atoms with Crippen molar-refractivity contribution >= 4 is 28.8 Å². The maximum atomic E-state index is 14.7. The second-order valence-electron chi connectivity index (χ2n) is 11.7. The van der Waals surface area contributed by atoms with Crippen LogP contribution in [-0.2, 0) is 6.54 Å². The van der Waals surface area contributed by atoms with Crippen LogP contribution in [0.25, 0.3) is 5.65 Å². The number of hydrogen-bond acceptors (Lipinski definition) is 7. The summed E-state index contributed by atoms with van der Waals surface area (Å²) in [5, 5.41) is 17.4. The van der Waals surface area contributed by atoms with Crippen LogP contribution in [0, 0.1) is 0 Å². The summed E-state index contributed by atoms with van der Waals surface area (Å²) in [5.74, 6) is -0.607. The van der Waals surface area contributed by atoms with Crippen LogP contribution < -0.4 is 10.2 Å². The van der Waals surface area contributed by atoms with Crippen molar-refractivity contribution in [1.29, 1.82) is 0 Å². The number of nitrogens with zero attached hydrogens (tertiary/aromatic N) is 6. The molecule has 4 heterocycles. The minimum atomic E-state index is -1.59. The van der Waals surface area contributed by atoms with Crippen LogP contribution in [0.3, 0.4) is 0 Å². The number of alkyl halides is 1. The number of carbonyl (C=O) groups excluding carboxylic acids is 2. The van der Waals surface area contributed by atoms with Crippen molar-refractivity contribution in [1.82, 2.24) is 24.4 Å². The molecular weight excluding hydrogens is 513 g/mol. The molecule has 1 aliphatic carbocycles. The minimum Gasteiger partial charge on any atom is -0.387 e. The van der Waals surface area contributed by atoms with Gasteiger partial charge in [0.25, 0.3) is 11.8 Å². The number of amides is 2. The number of rotatable bonds is 7. The predicted molar refractivity (Wildman–Crippen MR) is 149 cm³/mol. The lowest BCUT2D eigenvalue weighted by molar-refractivity contribution is -0.0159. The number of aliphatic hydroxyl groups is 1. The Hall–Kier alpha value is -3.57. The van der Waals surface area contributed by atoms with Crippen LogP contribution in [0.15, 0.2) is 36.8 Å². The highest BCUT2D eigenvalue weighted by atomic mass is 19.1. The maximum Gasteiger partial charge on any atom is 0.261 e.